The van der Waals surface area contributed by atoms with Gasteiger partial charge in [-0.3, -0.25) is 0 Å². The van der Waals surface area contributed by atoms with Gasteiger partial charge in [-0.05, 0) is 75.2 Å². The molecule has 6 rings (SSSR count). The van der Waals surface area contributed by atoms with Gasteiger partial charge in [0.2, 0.25) is 0 Å². The molecule has 0 spiro atoms. The number of aromatic nitrogens is 1. The third kappa shape index (κ3) is 6.95. The molecule has 6 nitrogen and oxygen atoms in total. The van der Waals surface area contributed by atoms with Crippen LogP contribution in [0.2, 0.25) is 0 Å². The monoisotopic (exact) mass is 694 g/mol. The summed E-state index contributed by atoms with van der Waals surface area (Å²) in [5.74, 6) is 0.695. The van der Waals surface area contributed by atoms with Crippen LogP contribution in [0, 0.1) is 0 Å². The first-order chi connectivity index (χ1) is 23.1. The van der Waals surface area contributed by atoms with E-state index in [-0.39, 0.29) is 4.90 Å². The molecule has 0 aliphatic carbocycles. The summed E-state index contributed by atoms with van der Waals surface area (Å²) in [5.41, 5.74) is 2.85. The van der Waals surface area contributed by atoms with Gasteiger partial charge >= 0.3 is 0 Å². The first-order valence-electron chi connectivity index (χ1n) is 15.7. The zero-order chi connectivity index (χ0) is 33.9. The lowest BCUT2D eigenvalue weighted by Gasteiger charge is -2.29. The van der Waals surface area contributed by atoms with Gasteiger partial charge in [-0.1, -0.05) is 109 Å². The Morgan fingerprint density at radius 1 is 0.771 bits per heavy atom. The Balaban J connectivity index is 1.69. The van der Waals surface area contributed by atoms with Gasteiger partial charge in [0.25, 0.3) is 10.0 Å². The minimum Gasteiger partial charge on any atom is -0.598 e. The molecule has 0 bridgehead atoms. The maximum absolute atomic E-state index is 14.8. The number of hydrogen-bond acceptors (Lipinski definition) is 5. The summed E-state index contributed by atoms with van der Waals surface area (Å²) >= 11 is -1.49. The van der Waals surface area contributed by atoms with Crippen LogP contribution in [-0.2, 0) is 27.5 Å². The van der Waals surface area contributed by atoms with Crippen molar-refractivity contribution in [3.8, 4) is 5.75 Å². The molecule has 0 amide bonds. The Morgan fingerprint density at radius 3 is 1.83 bits per heavy atom. The summed E-state index contributed by atoms with van der Waals surface area (Å²) in [6, 6.07) is 43.8. The van der Waals surface area contributed by atoms with E-state index < -0.39 is 40.1 Å². The lowest BCUT2D eigenvalue weighted by molar-refractivity contribution is 0.414. The topological polar surface area (TPSA) is 83.4 Å². The summed E-state index contributed by atoms with van der Waals surface area (Å²) in [6.45, 7) is 5.78. The highest BCUT2D eigenvalue weighted by atomic mass is 32.2. The van der Waals surface area contributed by atoms with Crippen molar-refractivity contribution in [3.05, 3.63) is 156 Å². The van der Waals surface area contributed by atoms with Crippen LogP contribution in [0.1, 0.15) is 43.6 Å². The van der Waals surface area contributed by atoms with E-state index in [9.17, 15) is 13.0 Å². The van der Waals surface area contributed by atoms with Crippen LogP contribution in [0.5, 0.6) is 5.75 Å². The second kappa shape index (κ2) is 14.3. The zero-order valence-electron chi connectivity index (χ0n) is 27.4. The van der Waals surface area contributed by atoms with Crippen molar-refractivity contribution in [2.75, 3.05) is 7.11 Å². The molecule has 1 N–H and O–H groups in total. The van der Waals surface area contributed by atoms with Crippen molar-refractivity contribution in [3.63, 3.8) is 0 Å². The lowest BCUT2D eigenvalue weighted by atomic mass is 9.97. The summed E-state index contributed by atoms with van der Waals surface area (Å²) in [4.78, 5) is 0.203. The number of fused-ring (bicyclic) bond motifs is 1. The van der Waals surface area contributed by atoms with E-state index >= 15 is 0 Å². The fourth-order valence-corrected chi connectivity index (χ4v) is 10.6. The van der Waals surface area contributed by atoms with Crippen molar-refractivity contribution in [1.29, 1.82) is 0 Å². The number of rotatable bonds is 11. The molecule has 48 heavy (non-hydrogen) atoms. The average Bonchev–Trinajstić information content (AvgIpc) is 3.44. The van der Waals surface area contributed by atoms with Gasteiger partial charge in [0.1, 0.15) is 16.5 Å². The highest BCUT2D eigenvalue weighted by Gasteiger charge is 2.37. The molecule has 9 heteroatoms. The standard InChI is InChI=1S/C39H39N2O4PS2/c1-39(2,3)47(42)40-38(29-24-26-30(45-4)27-25-29)37-34-22-14-15-23-35(34)41(48(43,44)33-20-12-7-13-21-33)36(37)28-46(31-16-8-5-9-17-31)32-18-10-6-11-19-32/h5-27,38,40H,28H2,1-4H3/t38-,47?/m0/s1. The number of benzene rings is 5. The molecule has 0 saturated heterocycles. The smallest absolute Gasteiger partial charge is 0.268 e. The molecule has 5 aromatic carbocycles. The molecule has 6 aromatic rings. The van der Waals surface area contributed by atoms with Gasteiger partial charge in [-0.2, -0.15) is 0 Å². The maximum atomic E-state index is 14.8. The van der Waals surface area contributed by atoms with Gasteiger partial charge in [-0.15, -0.1) is 4.72 Å². The molecule has 1 unspecified atom stereocenters. The van der Waals surface area contributed by atoms with Crippen molar-refractivity contribution >= 4 is 50.8 Å². The van der Waals surface area contributed by atoms with Crippen LogP contribution in [0.4, 0.5) is 0 Å². The highest BCUT2D eigenvalue weighted by Crippen LogP contribution is 2.45. The van der Waals surface area contributed by atoms with Crippen LogP contribution in [-0.4, -0.2) is 28.8 Å². The summed E-state index contributed by atoms with van der Waals surface area (Å²) in [5, 5.41) is 3.04. The Kier molecular flexibility index (Phi) is 10.1. The van der Waals surface area contributed by atoms with Gasteiger partial charge < -0.3 is 9.29 Å². The number of ether oxygens (including phenoxy) is 1. The van der Waals surface area contributed by atoms with Crippen molar-refractivity contribution in [1.82, 2.24) is 8.69 Å². The Labute approximate surface area is 287 Å². The predicted molar refractivity (Wildman–Crippen MR) is 200 cm³/mol. The van der Waals surface area contributed by atoms with E-state index in [1.807, 2.05) is 112 Å². The van der Waals surface area contributed by atoms with E-state index in [1.54, 1.807) is 31.4 Å². The molecular formula is C39H39N2O4PS2. The van der Waals surface area contributed by atoms with Crippen LogP contribution in [0.25, 0.3) is 10.9 Å². The summed E-state index contributed by atoms with van der Waals surface area (Å²) in [6.07, 6.45) is 0.427. The second-order valence-corrected chi connectivity index (χ2v) is 18.4. The normalized spacial score (nSPS) is 13.5. The molecule has 0 fully saturated rings. The van der Waals surface area contributed by atoms with E-state index in [0.717, 1.165) is 27.1 Å². The summed E-state index contributed by atoms with van der Waals surface area (Å²) in [7, 11) is -3.51. The van der Waals surface area contributed by atoms with E-state index in [0.29, 0.717) is 23.1 Å². The van der Waals surface area contributed by atoms with Crippen molar-refractivity contribution in [2.24, 2.45) is 0 Å². The number of methoxy groups -OCH3 is 1. The molecule has 0 saturated carbocycles. The molecule has 1 aromatic heterocycles. The second-order valence-electron chi connectivity index (χ2n) is 12.4. The fourth-order valence-electron chi connectivity index (χ4n) is 5.80. The third-order valence-corrected chi connectivity index (χ3v) is 14.0. The summed E-state index contributed by atoms with van der Waals surface area (Å²) < 4.78 is 53.5. The number of nitrogens with zero attached hydrogens (tertiary/aromatic N) is 1. The molecular weight excluding hydrogens is 656 g/mol. The Bertz CT molecular complexity index is 2040. The van der Waals surface area contributed by atoms with Crippen LogP contribution in [0.15, 0.2) is 144 Å². The third-order valence-electron chi connectivity index (χ3n) is 8.21. The molecule has 0 aliphatic rings. The van der Waals surface area contributed by atoms with Crippen LogP contribution >= 0.6 is 7.92 Å². The number of para-hydroxylation sites is 1. The number of hydrogen-bond donors (Lipinski definition) is 1. The average molecular weight is 695 g/mol. The zero-order valence-corrected chi connectivity index (χ0v) is 29.9. The maximum Gasteiger partial charge on any atom is 0.268 e. The van der Waals surface area contributed by atoms with Gasteiger partial charge in [0.05, 0.1) is 17.5 Å². The van der Waals surface area contributed by atoms with Gasteiger partial charge in [-0.25, -0.2) is 12.4 Å². The molecule has 2 atom stereocenters. The van der Waals surface area contributed by atoms with E-state index in [4.69, 9.17) is 4.74 Å². The lowest BCUT2D eigenvalue weighted by Crippen LogP contribution is -2.41. The quantitative estimate of drug-likeness (QED) is 0.111. The van der Waals surface area contributed by atoms with Crippen LogP contribution < -0.4 is 20.1 Å². The SMILES string of the molecule is COc1ccc([C@H](N[S+]([O-])C(C)(C)C)c2c(CP(c3ccccc3)c3ccccc3)n(S(=O)(=O)c3ccccc3)c3ccccc23)cc1. The van der Waals surface area contributed by atoms with Crippen molar-refractivity contribution in [2.45, 2.75) is 42.6 Å². The van der Waals surface area contributed by atoms with Gasteiger partial charge in [0.15, 0.2) is 0 Å². The first kappa shape index (κ1) is 34.0. The molecule has 246 valence electrons. The van der Waals surface area contributed by atoms with Crippen molar-refractivity contribution < 1.29 is 17.7 Å². The molecule has 0 aliphatic heterocycles. The highest BCUT2D eigenvalue weighted by molar-refractivity contribution is 7.91. The first-order valence-corrected chi connectivity index (χ1v) is 19.8. The minimum absolute atomic E-state index is 0.203. The Hall–Kier alpha value is -3.91. The van der Waals surface area contributed by atoms with E-state index in [2.05, 4.69) is 29.0 Å². The van der Waals surface area contributed by atoms with Crippen LogP contribution in [0.3, 0.4) is 0 Å². The predicted octanol–water partition coefficient (Wildman–Crippen LogP) is 7.66. The van der Waals surface area contributed by atoms with E-state index in [1.165, 1.54) is 3.97 Å². The largest absolute Gasteiger partial charge is 0.598 e. The fraction of sp³-hybridized carbons (Fsp3) is 0.179. The minimum atomic E-state index is -4.07. The Morgan fingerprint density at radius 2 is 1.29 bits per heavy atom. The molecule has 0 radical (unpaired) electrons. The molecule has 1 heterocycles. The van der Waals surface area contributed by atoms with Gasteiger partial charge in [0, 0.05) is 34.2 Å². The number of nitrogens with one attached hydrogen (secondary N) is 1.